The fraction of sp³-hybridized carbons (Fsp3) is 0.500. The van der Waals surface area contributed by atoms with Crippen molar-refractivity contribution in [2.24, 2.45) is 5.73 Å². The average Bonchev–Trinajstić information content (AvgIpc) is 3.08. The monoisotopic (exact) mass is 223 g/mol. The third-order valence-corrected chi connectivity index (χ3v) is 3.29. The van der Waals surface area contributed by atoms with E-state index in [1.165, 1.54) is 0 Å². The van der Waals surface area contributed by atoms with Crippen LogP contribution in [0.1, 0.15) is 18.4 Å². The predicted octanol–water partition coefficient (Wildman–Crippen LogP) is 1.40. The van der Waals surface area contributed by atoms with E-state index in [1.807, 2.05) is 0 Å². The topological polar surface area (TPSA) is 64.7 Å². The van der Waals surface area contributed by atoms with Gasteiger partial charge in [0.15, 0.2) is 0 Å². The number of aromatic hydroxyl groups is 1. The third-order valence-electron chi connectivity index (χ3n) is 3.29. The van der Waals surface area contributed by atoms with Gasteiger partial charge in [-0.3, -0.25) is 0 Å². The molecular formula is C12H17NO3. The molecule has 0 heterocycles. The Balaban J connectivity index is 2.51. The van der Waals surface area contributed by atoms with Crippen LogP contribution in [0, 0.1) is 0 Å². The Kier molecular flexibility index (Phi) is 2.68. The summed E-state index contributed by atoms with van der Waals surface area (Å²) in [6.45, 7) is 0.531. The summed E-state index contributed by atoms with van der Waals surface area (Å²) in [7, 11) is 3.15. The van der Waals surface area contributed by atoms with Crippen LogP contribution < -0.4 is 15.2 Å². The lowest BCUT2D eigenvalue weighted by molar-refractivity contribution is 0.373. The number of rotatable bonds is 4. The van der Waals surface area contributed by atoms with Gasteiger partial charge in [-0.15, -0.1) is 0 Å². The van der Waals surface area contributed by atoms with E-state index in [2.05, 4.69) is 0 Å². The molecule has 0 atom stereocenters. The van der Waals surface area contributed by atoms with Gasteiger partial charge in [0.1, 0.15) is 17.2 Å². The molecule has 1 fully saturated rings. The van der Waals surface area contributed by atoms with Crippen molar-refractivity contribution in [3.63, 3.8) is 0 Å². The van der Waals surface area contributed by atoms with Crippen LogP contribution in [0.4, 0.5) is 0 Å². The summed E-state index contributed by atoms with van der Waals surface area (Å²) in [6, 6.07) is 3.39. The summed E-state index contributed by atoms with van der Waals surface area (Å²) in [5.41, 5.74) is 6.49. The van der Waals surface area contributed by atoms with Gasteiger partial charge < -0.3 is 20.3 Å². The van der Waals surface area contributed by atoms with Crippen molar-refractivity contribution in [2.45, 2.75) is 18.3 Å². The van der Waals surface area contributed by atoms with Crippen LogP contribution in [-0.4, -0.2) is 25.9 Å². The molecule has 2 rings (SSSR count). The van der Waals surface area contributed by atoms with Gasteiger partial charge in [0, 0.05) is 29.7 Å². The Morgan fingerprint density at radius 3 is 2.44 bits per heavy atom. The zero-order chi connectivity index (χ0) is 11.8. The van der Waals surface area contributed by atoms with Gasteiger partial charge in [-0.2, -0.15) is 0 Å². The summed E-state index contributed by atoms with van der Waals surface area (Å²) < 4.78 is 10.4. The highest BCUT2D eigenvalue weighted by atomic mass is 16.5. The average molecular weight is 223 g/mol. The Bertz CT molecular complexity index is 399. The van der Waals surface area contributed by atoms with Crippen molar-refractivity contribution >= 4 is 0 Å². The van der Waals surface area contributed by atoms with Crippen LogP contribution in [0.5, 0.6) is 17.2 Å². The standard InChI is InChI=1S/C12H17NO3/c1-15-8-5-9(14)11(10(6-8)16-2)12(7-13)3-4-12/h5-6,14H,3-4,7,13H2,1-2H3. The molecule has 1 aliphatic carbocycles. The van der Waals surface area contributed by atoms with Crippen LogP contribution in [0.25, 0.3) is 0 Å². The lowest BCUT2D eigenvalue weighted by atomic mass is 9.94. The summed E-state index contributed by atoms with van der Waals surface area (Å²) in [5.74, 6) is 1.45. The van der Waals surface area contributed by atoms with Gasteiger partial charge in [0.2, 0.25) is 0 Å². The number of methoxy groups -OCH3 is 2. The van der Waals surface area contributed by atoms with Crippen molar-refractivity contribution in [3.8, 4) is 17.2 Å². The highest BCUT2D eigenvalue weighted by Crippen LogP contribution is 2.54. The Morgan fingerprint density at radius 1 is 1.31 bits per heavy atom. The maximum atomic E-state index is 10.0. The maximum Gasteiger partial charge on any atom is 0.130 e. The Labute approximate surface area is 95.0 Å². The normalized spacial score (nSPS) is 16.9. The number of ether oxygens (including phenoxy) is 2. The van der Waals surface area contributed by atoms with Crippen molar-refractivity contribution in [3.05, 3.63) is 17.7 Å². The molecule has 1 aliphatic rings. The Hall–Kier alpha value is -1.42. The predicted molar refractivity (Wildman–Crippen MR) is 61.2 cm³/mol. The van der Waals surface area contributed by atoms with Crippen LogP contribution in [-0.2, 0) is 5.41 Å². The first-order chi connectivity index (χ1) is 7.66. The lowest BCUT2D eigenvalue weighted by Gasteiger charge is -2.19. The minimum Gasteiger partial charge on any atom is -0.507 e. The van der Waals surface area contributed by atoms with E-state index in [-0.39, 0.29) is 11.2 Å². The number of phenolic OH excluding ortho intramolecular Hbond substituents is 1. The Morgan fingerprint density at radius 2 is 2.00 bits per heavy atom. The molecule has 88 valence electrons. The fourth-order valence-corrected chi connectivity index (χ4v) is 2.10. The quantitative estimate of drug-likeness (QED) is 0.809. The largest absolute Gasteiger partial charge is 0.507 e. The van der Waals surface area contributed by atoms with Crippen LogP contribution in [0.3, 0.4) is 0 Å². The van der Waals surface area contributed by atoms with Gasteiger partial charge in [0.25, 0.3) is 0 Å². The lowest BCUT2D eigenvalue weighted by Crippen LogP contribution is -2.20. The summed E-state index contributed by atoms with van der Waals surface area (Å²) in [6.07, 6.45) is 2.00. The van der Waals surface area contributed by atoms with Gasteiger partial charge in [-0.05, 0) is 12.8 Å². The van der Waals surface area contributed by atoms with Crippen LogP contribution in [0.15, 0.2) is 12.1 Å². The first-order valence-corrected chi connectivity index (χ1v) is 5.32. The number of nitrogens with two attached hydrogens (primary N) is 1. The van der Waals surface area contributed by atoms with E-state index in [0.29, 0.717) is 18.0 Å². The van der Waals surface area contributed by atoms with Gasteiger partial charge >= 0.3 is 0 Å². The molecule has 1 aromatic carbocycles. The molecule has 0 spiro atoms. The van der Waals surface area contributed by atoms with Gasteiger partial charge in [0.05, 0.1) is 14.2 Å². The number of hydrogen-bond acceptors (Lipinski definition) is 4. The first-order valence-electron chi connectivity index (χ1n) is 5.32. The second-order valence-electron chi connectivity index (χ2n) is 4.21. The minimum absolute atomic E-state index is 0.0955. The van der Waals surface area contributed by atoms with E-state index in [9.17, 15) is 5.11 Å². The summed E-state index contributed by atoms with van der Waals surface area (Å²) in [5, 5.41) is 10.0. The molecule has 4 heteroatoms. The number of benzene rings is 1. The molecule has 0 aromatic heterocycles. The van der Waals surface area contributed by atoms with Crippen molar-refractivity contribution < 1.29 is 14.6 Å². The van der Waals surface area contributed by atoms with Gasteiger partial charge in [-0.25, -0.2) is 0 Å². The van der Waals surface area contributed by atoms with E-state index in [4.69, 9.17) is 15.2 Å². The van der Waals surface area contributed by atoms with E-state index >= 15 is 0 Å². The van der Waals surface area contributed by atoms with E-state index < -0.39 is 0 Å². The zero-order valence-corrected chi connectivity index (χ0v) is 9.62. The van der Waals surface area contributed by atoms with Crippen LogP contribution >= 0.6 is 0 Å². The third kappa shape index (κ3) is 1.59. The molecule has 3 N–H and O–H groups in total. The molecule has 0 aliphatic heterocycles. The van der Waals surface area contributed by atoms with Gasteiger partial charge in [-0.1, -0.05) is 0 Å². The molecule has 1 saturated carbocycles. The smallest absolute Gasteiger partial charge is 0.130 e. The molecule has 0 amide bonds. The molecule has 16 heavy (non-hydrogen) atoms. The van der Waals surface area contributed by atoms with Crippen molar-refractivity contribution in [1.82, 2.24) is 0 Å². The molecular weight excluding hydrogens is 206 g/mol. The van der Waals surface area contributed by atoms with E-state index in [0.717, 1.165) is 18.4 Å². The highest BCUT2D eigenvalue weighted by Gasteiger charge is 2.47. The molecule has 1 aromatic rings. The minimum atomic E-state index is -0.0955. The second-order valence-corrected chi connectivity index (χ2v) is 4.21. The van der Waals surface area contributed by atoms with Crippen molar-refractivity contribution in [2.75, 3.05) is 20.8 Å². The number of phenols is 1. The number of hydrogen-bond donors (Lipinski definition) is 2. The van der Waals surface area contributed by atoms with Crippen LogP contribution in [0.2, 0.25) is 0 Å². The zero-order valence-electron chi connectivity index (χ0n) is 9.62. The summed E-state index contributed by atoms with van der Waals surface area (Å²) in [4.78, 5) is 0. The molecule has 0 bridgehead atoms. The first kappa shape index (κ1) is 11.1. The molecule has 0 unspecified atom stereocenters. The molecule has 4 nitrogen and oxygen atoms in total. The highest BCUT2D eigenvalue weighted by molar-refractivity contribution is 5.56. The molecule has 0 saturated heterocycles. The maximum absolute atomic E-state index is 10.0. The van der Waals surface area contributed by atoms with Crippen molar-refractivity contribution in [1.29, 1.82) is 0 Å². The summed E-state index contributed by atoms with van der Waals surface area (Å²) >= 11 is 0. The SMILES string of the molecule is COc1cc(O)c(C2(CN)CC2)c(OC)c1. The van der Waals surface area contributed by atoms with E-state index in [1.54, 1.807) is 26.4 Å². The molecule has 0 radical (unpaired) electrons. The second kappa shape index (κ2) is 3.87. The fourth-order valence-electron chi connectivity index (χ4n) is 2.10.